The molecule has 6 nitrogen and oxygen atoms in total. The van der Waals surface area contributed by atoms with Gasteiger partial charge in [0, 0.05) is 18.5 Å². The SMILES string of the molecule is O=C(O)c1cccc(S(=O)(=O)N2CCC(=O)c3ccccc32)c1. The molecule has 1 heterocycles. The molecule has 118 valence electrons. The number of aromatic carboxylic acids is 1. The summed E-state index contributed by atoms with van der Waals surface area (Å²) in [4.78, 5) is 22.9. The largest absolute Gasteiger partial charge is 0.478 e. The summed E-state index contributed by atoms with van der Waals surface area (Å²) in [6.07, 6.45) is 0.0921. The van der Waals surface area contributed by atoms with E-state index in [1.165, 1.54) is 18.2 Å². The van der Waals surface area contributed by atoms with Crippen LogP contribution >= 0.6 is 0 Å². The van der Waals surface area contributed by atoms with E-state index in [0.717, 1.165) is 10.4 Å². The first-order chi connectivity index (χ1) is 10.9. The van der Waals surface area contributed by atoms with Gasteiger partial charge in [-0.3, -0.25) is 9.10 Å². The van der Waals surface area contributed by atoms with Gasteiger partial charge in [0.2, 0.25) is 0 Å². The average molecular weight is 331 g/mol. The van der Waals surface area contributed by atoms with Gasteiger partial charge in [-0.25, -0.2) is 13.2 Å². The molecule has 7 heteroatoms. The van der Waals surface area contributed by atoms with Gasteiger partial charge in [-0.1, -0.05) is 18.2 Å². The lowest BCUT2D eigenvalue weighted by molar-refractivity contribution is 0.0696. The summed E-state index contributed by atoms with van der Waals surface area (Å²) in [6, 6.07) is 11.7. The molecule has 0 aromatic heterocycles. The molecule has 0 unspecified atom stereocenters. The molecular formula is C16H13NO5S. The third-order valence-corrected chi connectivity index (χ3v) is 5.49. The van der Waals surface area contributed by atoms with Crippen molar-refractivity contribution in [1.82, 2.24) is 0 Å². The minimum absolute atomic E-state index is 0.0372. The van der Waals surface area contributed by atoms with Gasteiger partial charge in [-0.05, 0) is 30.3 Å². The lowest BCUT2D eigenvalue weighted by atomic mass is 10.0. The highest BCUT2D eigenvalue weighted by molar-refractivity contribution is 7.92. The molecule has 0 aliphatic carbocycles. The van der Waals surface area contributed by atoms with Crippen molar-refractivity contribution >= 4 is 27.5 Å². The normalized spacial score (nSPS) is 14.4. The highest BCUT2D eigenvalue weighted by Crippen LogP contribution is 2.31. The molecule has 0 bridgehead atoms. The maximum atomic E-state index is 12.9. The van der Waals surface area contributed by atoms with Crippen LogP contribution in [0, 0.1) is 0 Å². The second-order valence-corrected chi connectivity index (χ2v) is 6.96. The zero-order chi connectivity index (χ0) is 16.6. The van der Waals surface area contributed by atoms with Crippen molar-refractivity contribution in [2.45, 2.75) is 11.3 Å². The van der Waals surface area contributed by atoms with Crippen LogP contribution in [0.25, 0.3) is 0 Å². The Morgan fingerprint density at radius 1 is 1.09 bits per heavy atom. The van der Waals surface area contributed by atoms with Crippen LogP contribution in [0.2, 0.25) is 0 Å². The van der Waals surface area contributed by atoms with Gasteiger partial charge in [0.15, 0.2) is 5.78 Å². The first kappa shape index (κ1) is 15.2. The molecule has 0 atom stereocenters. The lowest BCUT2D eigenvalue weighted by Gasteiger charge is -2.29. The summed E-state index contributed by atoms with van der Waals surface area (Å²) in [7, 11) is -3.94. The van der Waals surface area contributed by atoms with Gasteiger partial charge in [-0.2, -0.15) is 0 Å². The Bertz CT molecular complexity index is 904. The number of hydrogen-bond acceptors (Lipinski definition) is 4. The summed E-state index contributed by atoms with van der Waals surface area (Å²) >= 11 is 0. The molecule has 3 rings (SSSR count). The standard InChI is InChI=1S/C16H13NO5S/c18-15-8-9-17(14-7-2-1-6-13(14)15)23(21,22)12-5-3-4-11(10-12)16(19)20/h1-7,10H,8-9H2,(H,19,20). The highest BCUT2D eigenvalue weighted by atomic mass is 32.2. The molecule has 0 saturated carbocycles. The van der Waals surface area contributed by atoms with Gasteiger partial charge in [-0.15, -0.1) is 0 Å². The maximum Gasteiger partial charge on any atom is 0.335 e. The van der Waals surface area contributed by atoms with Crippen molar-refractivity contribution in [3.8, 4) is 0 Å². The monoisotopic (exact) mass is 331 g/mol. The molecule has 1 aliphatic heterocycles. The molecule has 0 saturated heterocycles. The highest BCUT2D eigenvalue weighted by Gasteiger charge is 2.32. The number of Topliss-reactive ketones (excluding diaryl/α,β-unsaturated/α-hetero) is 1. The second-order valence-electron chi connectivity index (χ2n) is 5.10. The van der Waals surface area contributed by atoms with Crippen LogP contribution in [0.1, 0.15) is 27.1 Å². The number of benzene rings is 2. The van der Waals surface area contributed by atoms with Crippen molar-refractivity contribution in [2.24, 2.45) is 0 Å². The number of sulfonamides is 1. The third kappa shape index (κ3) is 2.59. The van der Waals surface area contributed by atoms with E-state index in [4.69, 9.17) is 5.11 Å². The van der Waals surface area contributed by atoms with E-state index in [1.807, 2.05) is 0 Å². The fourth-order valence-corrected chi connectivity index (χ4v) is 4.08. The lowest BCUT2D eigenvalue weighted by Crippen LogP contribution is -2.37. The molecular weight excluding hydrogens is 318 g/mol. The van der Waals surface area contributed by atoms with E-state index in [2.05, 4.69) is 0 Å². The molecule has 0 radical (unpaired) electrons. The number of nitrogens with zero attached hydrogens (tertiary/aromatic N) is 1. The van der Waals surface area contributed by atoms with Gasteiger partial charge in [0.05, 0.1) is 16.1 Å². The maximum absolute atomic E-state index is 12.9. The molecule has 2 aromatic carbocycles. The molecule has 0 spiro atoms. The van der Waals surface area contributed by atoms with E-state index in [9.17, 15) is 18.0 Å². The van der Waals surface area contributed by atoms with Gasteiger partial charge in [0.25, 0.3) is 10.0 Å². The number of para-hydroxylation sites is 1. The van der Waals surface area contributed by atoms with Crippen LogP contribution < -0.4 is 4.31 Å². The van der Waals surface area contributed by atoms with Crippen LogP contribution in [0.15, 0.2) is 53.4 Å². The molecule has 0 amide bonds. The van der Waals surface area contributed by atoms with Crippen molar-refractivity contribution in [2.75, 3.05) is 10.8 Å². The summed E-state index contributed by atoms with van der Waals surface area (Å²) < 4.78 is 26.9. The fraction of sp³-hybridized carbons (Fsp3) is 0.125. The fourth-order valence-electron chi connectivity index (χ4n) is 2.55. The Hall–Kier alpha value is -2.67. The van der Waals surface area contributed by atoms with Gasteiger partial charge < -0.3 is 5.11 Å². The number of carboxylic acids is 1. The number of ketones is 1. The Morgan fingerprint density at radius 3 is 2.57 bits per heavy atom. The van der Waals surface area contributed by atoms with Crippen LogP contribution in [0.5, 0.6) is 0 Å². The number of carboxylic acid groups (broad SMARTS) is 1. The molecule has 1 aliphatic rings. The third-order valence-electron chi connectivity index (χ3n) is 3.68. The zero-order valence-electron chi connectivity index (χ0n) is 12.0. The number of carbonyl (C=O) groups excluding carboxylic acids is 1. The zero-order valence-corrected chi connectivity index (χ0v) is 12.8. The predicted molar refractivity (Wildman–Crippen MR) is 83.3 cm³/mol. The molecule has 1 N–H and O–H groups in total. The minimum atomic E-state index is -3.94. The Labute approximate surface area is 133 Å². The van der Waals surface area contributed by atoms with Crippen molar-refractivity contribution in [1.29, 1.82) is 0 Å². The summed E-state index contributed by atoms with van der Waals surface area (Å²) in [5.74, 6) is -1.30. The van der Waals surface area contributed by atoms with E-state index in [1.54, 1.807) is 24.3 Å². The first-order valence-electron chi connectivity index (χ1n) is 6.89. The Kier molecular flexibility index (Phi) is 3.65. The predicted octanol–water partition coefficient (Wildman–Crippen LogP) is 2.17. The van der Waals surface area contributed by atoms with Crippen LogP contribution in [-0.2, 0) is 10.0 Å². The van der Waals surface area contributed by atoms with Crippen molar-refractivity contribution in [3.63, 3.8) is 0 Å². The van der Waals surface area contributed by atoms with Gasteiger partial charge >= 0.3 is 5.97 Å². The van der Waals surface area contributed by atoms with Crippen LogP contribution in [0.3, 0.4) is 0 Å². The van der Waals surface area contributed by atoms with Crippen molar-refractivity contribution < 1.29 is 23.1 Å². The summed E-state index contributed by atoms with van der Waals surface area (Å²) in [5.41, 5.74) is 0.577. The van der Waals surface area contributed by atoms with E-state index < -0.39 is 16.0 Å². The Balaban J connectivity index is 2.11. The smallest absolute Gasteiger partial charge is 0.335 e. The number of carbonyl (C=O) groups is 2. The van der Waals surface area contributed by atoms with Gasteiger partial charge in [0.1, 0.15) is 0 Å². The second kappa shape index (κ2) is 5.51. The molecule has 2 aromatic rings. The molecule has 23 heavy (non-hydrogen) atoms. The summed E-state index contributed by atoms with van der Waals surface area (Å²) in [6.45, 7) is 0.0372. The topological polar surface area (TPSA) is 91.8 Å². The Morgan fingerprint density at radius 2 is 1.83 bits per heavy atom. The van der Waals surface area contributed by atoms with E-state index in [-0.39, 0.29) is 29.2 Å². The van der Waals surface area contributed by atoms with Crippen molar-refractivity contribution in [3.05, 3.63) is 59.7 Å². The number of fused-ring (bicyclic) bond motifs is 1. The quantitative estimate of drug-likeness (QED) is 0.930. The first-order valence-corrected chi connectivity index (χ1v) is 8.33. The van der Waals surface area contributed by atoms with E-state index in [0.29, 0.717) is 11.3 Å². The average Bonchev–Trinajstić information content (AvgIpc) is 2.55. The van der Waals surface area contributed by atoms with Crippen LogP contribution in [0.4, 0.5) is 5.69 Å². The number of hydrogen-bond donors (Lipinski definition) is 1. The number of anilines is 1. The molecule has 0 fully saturated rings. The van der Waals surface area contributed by atoms with Crippen LogP contribution in [-0.4, -0.2) is 31.8 Å². The minimum Gasteiger partial charge on any atom is -0.478 e. The number of rotatable bonds is 3. The summed E-state index contributed by atoms with van der Waals surface area (Å²) in [5, 5.41) is 9.02. The van der Waals surface area contributed by atoms with E-state index >= 15 is 0 Å².